The van der Waals surface area contributed by atoms with Crippen molar-refractivity contribution in [3.8, 4) is 0 Å². The molecule has 1 amide bonds. The minimum Gasteiger partial charge on any atom is -0.469 e. The fourth-order valence-electron chi connectivity index (χ4n) is 3.62. The van der Waals surface area contributed by atoms with Gasteiger partial charge < -0.3 is 13.9 Å². The molecule has 0 spiro atoms. The number of aryl methyl sites for hydroxylation is 1. The highest BCUT2D eigenvalue weighted by atomic mass is 19.4. The van der Waals surface area contributed by atoms with Crippen LogP contribution in [0.15, 0.2) is 41.3 Å². The second-order valence-corrected chi connectivity index (χ2v) is 6.77. The van der Waals surface area contributed by atoms with Crippen LogP contribution in [0.5, 0.6) is 0 Å². The first-order valence-corrected chi connectivity index (χ1v) is 8.72. The fraction of sp³-hybridized carbons (Fsp3) is 0.368. The number of likely N-dealkylation sites (tertiary alicyclic amines) is 1. The number of furan rings is 1. The highest BCUT2D eigenvalue weighted by molar-refractivity contribution is 5.95. The molecule has 0 bridgehead atoms. The largest absolute Gasteiger partial charge is 0.469 e. The number of carbonyl (C=O) groups excluding carboxylic acids is 1. The van der Waals surface area contributed by atoms with Gasteiger partial charge in [0.2, 0.25) is 0 Å². The third-order valence-corrected chi connectivity index (χ3v) is 5.14. The molecule has 142 valence electrons. The Hall–Kier alpha value is -2.77. The highest BCUT2D eigenvalue weighted by Gasteiger charge is 2.31. The number of nitrogens with zero attached hydrogens (tertiary/aromatic N) is 3. The van der Waals surface area contributed by atoms with Crippen molar-refractivity contribution in [2.24, 2.45) is 0 Å². The lowest BCUT2D eigenvalue weighted by molar-refractivity contribution is -0.137. The molecule has 0 saturated carbocycles. The van der Waals surface area contributed by atoms with Crippen LogP contribution in [0.3, 0.4) is 0 Å². The zero-order chi connectivity index (χ0) is 19.2. The van der Waals surface area contributed by atoms with Crippen LogP contribution in [0.1, 0.15) is 40.6 Å². The molecule has 8 heteroatoms. The van der Waals surface area contributed by atoms with Crippen LogP contribution in [0.25, 0.3) is 11.0 Å². The maximum atomic E-state index is 12.9. The average molecular weight is 377 g/mol. The van der Waals surface area contributed by atoms with Gasteiger partial charge in [-0.1, -0.05) is 0 Å². The van der Waals surface area contributed by atoms with Crippen LogP contribution in [-0.2, 0) is 6.18 Å². The number of imidazole rings is 1. The summed E-state index contributed by atoms with van der Waals surface area (Å²) < 4.78 is 45.7. The zero-order valence-corrected chi connectivity index (χ0v) is 14.7. The number of fused-ring (bicyclic) bond motifs is 1. The molecule has 4 rings (SSSR count). The van der Waals surface area contributed by atoms with Gasteiger partial charge in [-0.3, -0.25) is 4.79 Å². The van der Waals surface area contributed by atoms with Crippen molar-refractivity contribution >= 4 is 16.9 Å². The summed E-state index contributed by atoms with van der Waals surface area (Å²) in [5.74, 6) is 0.549. The Morgan fingerprint density at radius 2 is 1.96 bits per heavy atom. The summed E-state index contributed by atoms with van der Waals surface area (Å²) in [6.07, 6.45) is 0.147. The third-order valence-electron chi connectivity index (χ3n) is 5.14. The fourth-order valence-corrected chi connectivity index (χ4v) is 3.62. The van der Waals surface area contributed by atoms with Crippen LogP contribution in [0, 0.1) is 6.92 Å². The van der Waals surface area contributed by atoms with E-state index in [1.54, 1.807) is 24.2 Å². The number of carbonyl (C=O) groups is 1. The van der Waals surface area contributed by atoms with Gasteiger partial charge in [0.05, 0.1) is 34.8 Å². The summed E-state index contributed by atoms with van der Waals surface area (Å²) >= 11 is 0. The van der Waals surface area contributed by atoms with Crippen molar-refractivity contribution in [2.75, 3.05) is 13.1 Å². The van der Waals surface area contributed by atoms with Gasteiger partial charge in [0.1, 0.15) is 5.76 Å². The maximum Gasteiger partial charge on any atom is 0.416 e. The van der Waals surface area contributed by atoms with E-state index in [1.165, 1.54) is 12.3 Å². The van der Waals surface area contributed by atoms with Gasteiger partial charge >= 0.3 is 6.18 Å². The number of alkyl halides is 3. The Kier molecular flexibility index (Phi) is 4.20. The Morgan fingerprint density at radius 1 is 1.22 bits per heavy atom. The van der Waals surface area contributed by atoms with Gasteiger partial charge in [0.25, 0.3) is 5.91 Å². The van der Waals surface area contributed by atoms with E-state index in [-0.39, 0.29) is 11.9 Å². The first kappa shape index (κ1) is 17.6. The quantitative estimate of drug-likeness (QED) is 0.664. The monoisotopic (exact) mass is 377 g/mol. The number of aromatic nitrogens is 2. The van der Waals surface area contributed by atoms with E-state index in [9.17, 15) is 18.0 Å². The molecule has 1 fully saturated rings. The van der Waals surface area contributed by atoms with Crippen LogP contribution in [0.4, 0.5) is 13.2 Å². The molecule has 0 N–H and O–H groups in total. The summed E-state index contributed by atoms with van der Waals surface area (Å²) in [6.45, 7) is 2.91. The van der Waals surface area contributed by atoms with Crippen LogP contribution in [-0.4, -0.2) is 33.4 Å². The number of benzene rings is 1. The molecular weight excluding hydrogens is 359 g/mol. The second kappa shape index (κ2) is 6.44. The Balaban J connectivity index is 1.50. The number of amides is 1. The molecule has 0 unspecified atom stereocenters. The molecule has 27 heavy (non-hydrogen) atoms. The molecule has 5 nitrogen and oxygen atoms in total. The van der Waals surface area contributed by atoms with Gasteiger partial charge in [-0.2, -0.15) is 13.2 Å². The maximum absolute atomic E-state index is 12.9. The smallest absolute Gasteiger partial charge is 0.416 e. The minimum atomic E-state index is -4.38. The van der Waals surface area contributed by atoms with Crippen molar-refractivity contribution < 1.29 is 22.4 Å². The van der Waals surface area contributed by atoms with E-state index in [0.717, 1.165) is 25.0 Å². The molecule has 0 atom stereocenters. The molecule has 2 aromatic heterocycles. The molecule has 1 aliphatic heterocycles. The lowest BCUT2D eigenvalue weighted by Crippen LogP contribution is -2.39. The first-order valence-electron chi connectivity index (χ1n) is 8.72. The Labute approximate surface area is 153 Å². The van der Waals surface area contributed by atoms with E-state index in [4.69, 9.17) is 4.42 Å². The average Bonchev–Trinajstić information content (AvgIpc) is 3.26. The Morgan fingerprint density at radius 3 is 2.59 bits per heavy atom. The van der Waals surface area contributed by atoms with E-state index >= 15 is 0 Å². The molecule has 0 aliphatic carbocycles. The van der Waals surface area contributed by atoms with Crippen molar-refractivity contribution in [1.82, 2.24) is 14.5 Å². The van der Waals surface area contributed by atoms with E-state index in [0.29, 0.717) is 35.4 Å². The summed E-state index contributed by atoms with van der Waals surface area (Å²) in [4.78, 5) is 18.5. The third kappa shape index (κ3) is 3.20. The minimum absolute atomic E-state index is 0.0509. The molecule has 0 radical (unpaired) electrons. The predicted molar refractivity (Wildman–Crippen MR) is 92.4 cm³/mol. The molecule has 3 aromatic rings. The highest BCUT2D eigenvalue weighted by Crippen LogP contribution is 2.33. The van der Waals surface area contributed by atoms with Gasteiger partial charge in [0, 0.05) is 19.1 Å². The van der Waals surface area contributed by atoms with Crippen molar-refractivity contribution in [3.05, 3.63) is 53.7 Å². The number of halogens is 3. The summed E-state index contributed by atoms with van der Waals surface area (Å²) in [6, 6.07) is 5.40. The number of hydrogen-bond acceptors (Lipinski definition) is 3. The van der Waals surface area contributed by atoms with Gasteiger partial charge in [-0.05, 0) is 44.0 Å². The normalized spacial score (nSPS) is 16.2. The molecular formula is C19H18F3N3O2. The number of rotatable bonds is 2. The van der Waals surface area contributed by atoms with Crippen LogP contribution >= 0.6 is 0 Å². The molecule has 1 saturated heterocycles. The van der Waals surface area contributed by atoms with Crippen LogP contribution < -0.4 is 0 Å². The van der Waals surface area contributed by atoms with Crippen LogP contribution in [0.2, 0.25) is 0 Å². The predicted octanol–water partition coefficient (Wildman–Crippen LogP) is 4.43. The Bertz CT molecular complexity index is 982. The lowest BCUT2D eigenvalue weighted by atomic mass is 10.0. The number of hydrogen-bond donors (Lipinski definition) is 0. The number of piperidine rings is 1. The lowest BCUT2D eigenvalue weighted by Gasteiger charge is -2.32. The zero-order valence-electron chi connectivity index (χ0n) is 14.7. The topological polar surface area (TPSA) is 51.3 Å². The summed E-state index contributed by atoms with van der Waals surface area (Å²) in [5, 5.41) is 0. The standard InChI is InChI=1S/C19H18F3N3O2/c1-12-15(6-9-27-12)18(26)24-7-4-14(5-8-24)25-11-23-16-10-13(19(20,21)22)2-3-17(16)25/h2-3,6,9-11,14H,4-5,7-8H2,1H3. The van der Waals surface area contributed by atoms with E-state index < -0.39 is 11.7 Å². The van der Waals surface area contributed by atoms with Gasteiger partial charge in [0.15, 0.2) is 0 Å². The van der Waals surface area contributed by atoms with E-state index in [2.05, 4.69) is 4.98 Å². The van der Waals surface area contributed by atoms with Crippen molar-refractivity contribution in [3.63, 3.8) is 0 Å². The summed E-state index contributed by atoms with van der Waals surface area (Å²) in [7, 11) is 0. The second-order valence-electron chi connectivity index (χ2n) is 6.77. The summed E-state index contributed by atoms with van der Waals surface area (Å²) in [5.41, 5.74) is 0.883. The molecule has 1 aromatic carbocycles. The van der Waals surface area contributed by atoms with Crippen molar-refractivity contribution in [1.29, 1.82) is 0 Å². The van der Waals surface area contributed by atoms with Gasteiger partial charge in [-0.15, -0.1) is 0 Å². The molecule has 1 aliphatic rings. The van der Waals surface area contributed by atoms with Gasteiger partial charge in [-0.25, -0.2) is 4.98 Å². The SMILES string of the molecule is Cc1occc1C(=O)N1CCC(n2cnc3cc(C(F)(F)F)ccc32)CC1. The van der Waals surface area contributed by atoms with Crippen molar-refractivity contribution in [2.45, 2.75) is 32.0 Å². The molecule has 3 heterocycles. The first-order chi connectivity index (χ1) is 12.8. The van der Waals surface area contributed by atoms with E-state index in [1.807, 2.05) is 4.57 Å².